The number of hydrogen-bond donors (Lipinski definition) is 0. The van der Waals surface area contributed by atoms with Crippen LogP contribution < -0.4 is 9.47 Å². The van der Waals surface area contributed by atoms with Gasteiger partial charge >= 0.3 is 0 Å². The number of pyridine rings is 1. The van der Waals surface area contributed by atoms with Crippen LogP contribution in [-0.4, -0.2) is 18.8 Å². The summed E-state index contributed by atoms with van der Waals surface area (Å²) in [7, 11) is 0. The number of aromatic nitrogens is 1. The maximum absolute atomic E-state index is 5.00. The highest BCUT2D eigenvalue weighted by Crippen LogP contribution is 2.22. The molecule has 0 amide bonds. The second kappa shape index (κ2) is 9.13. The maximum atomic E-state index is 5.00. The Hall–Kier alpha value is -2.94. The third-order valence-corrected chi connectivity index (χ3v) is 4.80. The Kier molecular flexibility index (Phi) is 6.37. The van der Waals surface area contributed by atoms with E-state index in [1.165, 1.54) is 5.69 Å². The summed E-state index contributed by atoms with van der Waals surface area (Å²) in [5.74, 6) is 0. The van der Waals surface area contributed by atoms with Crippen LogP contribution in [0.4, 0.5) is 11.4 Å². The summed E-state index contributed by atoms with van der Waals surface area (Å²) in [5, 5.41) is 0. The fraction of sp³-hybridized carbons (Fsp3) is 0.250. The van der Waals surface area contributed by atoms with Gasteiger partial charge in [-0.2, -0.15) is 0 Å². The average molecular weight is 359 g/mol. The Labute approximate surface area is 162 Å². The van der Waals surface area contributed by atoms with Crippen LogP contribution in [0.1, 0.15) is 31.9 Å². The topological polar surface area (TPSA) is 19.5 Å². The summed E-state index contributed by atoms with van der Waals surface area (Å²) in [5.41, 5.74) is 5.45. The Morgan fingerprint density at radius 2 is 1.37 bits per heavy atom. The van der Waals surface area contributed by atoms with Crippen LogP contribution in [0.3, 0.4) is 0 Å². The van der Waals surface area contributed by atoms with Crippen LogP contribution in [0.25, 0.3) is 0 Å². The van der Waals surface area contributed by atoms with E-state index >= 15 is 0 Å². The lowest BCUT2D eigenvalue weighted by Gasteiger charge is -2.20. The molecule has 3 rings (SSSR count). The molecular formula is C24H28N3+. The number of rotatable bonds is 7. The van der Waals surface area contributed by atoms with E-state index in [1.54, 1.807) is 0 Å². The molecule has 0 saturated carbocycles. The molecule has 3 nitrogen and oxygen atoms in total. The van der Waals surface area contributed by atoms with Crippen molar-refractivity contribution in [3.63, 3.8) is 0 Å². The molecule has 0 spiro atoms. The molecule has 0 aliphatic rings. The standard InChI is InChI=1S/C24H28N3/c1-4-26-18-16-21(17-19-26)24(20-10-8-7-9-11-20)25-22-12-14-23(15-13-22)27(5-2)6-3/h7-19H,4-6H2,1-3H3/q+1. The quantitative estimate of drug-likeness (QED) is 0.429. The fourth-order valence-corrected chi connectivity index (χ4v) is 3.17. The molecular weight excluding hydrogens is 330 g/mol. The summed E-state index contributed by atoms with van der Waals surface area (Å²) < 4.78 is 2.16. The molecule has 1 aromatic heterocycles. The van der Waals surface area contributed by atoms with Crippen LogP contribution in [0.2, 0.25) is 0 Å². The number of aliphatic imine (C=N–C) groups is 1. The van der Waals surface area contributed by atoms with Gasteiger partial charge in [-0.05, 0) is 45.0 Å². The van der Waals surface area contributed by atoms with Crippen molar-refractivity contribution < 1.29 is 4.57 Å². The summed E-state index contributed by atoms with van der Waals surface area (Å²) in [6.45, 7) is 9.49. The summed E-state index contributed by atoms with van der Waals surface area (Å²) in [4.78, 5) is 7.34. The van der Waals surface area contributed by atoms with E-state index in [0.29, 0.717) is 0 Å². The van der Waals surface area contributed by atoms with E-state index in [9.17, 15) is 0 Å². The second-order valence-corrected chi connectivity index (χ2v) is 6.43. The lowest BCUT2D eigenvalue weighted by Crippen LogP contribution is -2.31. The number of anilines is 1. The predicted octanol–water partition coefficient (Wildman–Crippen LogP) is 5.01. The number of nitrogens with zero attached hydrogens (tertiary/aromatic N) is 3. The van der Waals surface area contributed by atoms with Gasteiger partial charge in [-0.15, -0.1) is 0 Å². The summed E-state index contributed by atoms with van der Waals surface area (Å²) >= 11 is 0. The second-order valence-electron chi connectivity index (χ2n) is 6.43. The van der Waals surface area contributed by atoms with Gasteiger partial charge in [0.05, 0.1) is 11.4 Å². The van der Waals surface area contributed by atoms with Crippen molar-refractivity contribution in [2.75, 3.05) is 18.0 Å². The summed E-state index contributed by atoms with van der Waals surface area (Å²) in [6.07, 6.45) is 4.22. The molecule has 0 aliphatic carbocycles. The van der Waals surface area contributed by atoms with E-state index in [1.807, 2.05) is 6.07 Å². The molecule has 1 heterocycles. The van der Waals surface area contributed by atoms with Crippen molar-refractivity contribution in [1.82, 2.24) is 0 Å². The lowest BCUT2D eigenvalue weighted by atomic mass is 10.0. The van der Waals surface area contributed by atoms with Gasteiger partial charge in [0.2, 0.25) is 0 Å². The van der Waals surface area contributed by atoms with Gasteiger partial charge in [-0.1, -0.05) is 30.3 Å². The number of aryl methyl sites for hydroxylation is 1. The molecule has 0 unspecified atom stereocenters. The normalized spacial score (nSPS) is 11.4. The van der Waals surface area contributed by atoms with E-state index < -0.39 is 0 Å². The van der Waals surface area contributed by atoms with Crippen molar-refractivity contribution >= 4 is 17.1 Å². The first-order valence-corrected chi connectivity index (χ1v) is 9.73. The van der Waals surface area contributed by atoms with Gasteiger partial charge < -0.3 is 4.90 Å². The van der Waals surface area contributed by atoms with Gasteiger partial charge in [-0.3, -0.25) is 0 Å². The van der Waals surface area contributed by atoms with Crippen LogP contribution >= 0.6 is 0 Å². The highest BCUT2D eigenvalue weighted by Gasteiger charge is 2.10. The van der Waals surface area contributed by atoms with Crippen LogP contribution in [-0.2, 0) is 6.54 Å². The lowest BCUT2D eigenvalue weighted by molar-refractivity contribution is -0.693. The van der Waals surface area contributed by atoms with Crippen LogP contribution in [0.5, 0.6) is 0 Å². The van der Waals surface area contributed by atoms with E-state index in [4.69, 9.17) is 4.99 Å². The van der Waals surface area contributed by atoms with Gasteiger partial charge in [0.25, 0.3) is 0 Å². The van der Waals surface area contributed by atoms with Gasteiger partial charge in [0, 0.05) is 42.0 Å². The smallest absolute Gasteiger partial charge is 0.169 e. The molecule has 27 heavy (non-hydrogen) atoms. The zero-order chi connectivity index (χ0) is 19.1. The molecule has 0 atom stereocenters. The largest absolute Gasteiger partial charge is 0.372 e. The Morgan fingerprint density at radius 1 is 0.778 bits per heavy atom. The maximum Gasteiger partial charge on any atom is 0.169 e. The SMILES string of the molecule is CCN(CC)c1ccc(N=C(c2ccccc2)c2cc[n+](CC)cc2)cc1. The molecule has 3 aromatic rings. The Morgan fingerprint density at radius 3 is 1.93 bits per heavy atom. The zero-order valence-electron chi connectivity index (χ0n) is 16.5. The molecule has 0 bridgehead atoms. The highest BCUT2D eigenvalue weighted by molar-refractivity contribution is 6.13. The van der Waals surface area contributed by atoms with Crippen molar-refractivity contribution in [3.05, 3.63) is 90.3 Å². The predicted molar refractivity (Wildman–Crippen MR) is 114 cm³/mol. The van der Waals surface area contributed by atoms with Gasteiger partial charge in [-0.25, -0.2) is 9.56 Å². The van der Waals surface area contributed by atoms with E-state index in [2.05, 4.69) is 103 Å². The first-order valence-electron chi connectivity index (χ1n) is 9.73. The van der Waals surface area contributed by atoms with Crippen molar-refractivity contribution in [2.24, 2.45) is 4.99 Å². The van der Waals surface area contributed by atoms with E-state index in [-0.39, 0.29) is 0 Å². The number of benzene rings is 2. The fourth-order valence-electron chi connectivity index (χ4n) is 3.17. The first-order chi connectivity index (χ1) is 13.2. The number of hydrogen-bond acceptors (Lipinski definition) is 2. The summed E-state index contributed by atoms with van der Waals surface area (Å²) in [6, 6.07) is 23.2. The minimum atomic E-state index is 0.963. The van der Waals surface area contributed by atoms with Gasteiger partial charge in [0.1, 0.15) is 6.54 Å². The van der Waals surface area contributed by atoms with Crippen molar-refractivity contribution in [2.45, 2.75) is 27.3 Å². The monoisotopic (exact) mass is 358 g/mol. The van der Waals surface area contributed by atoms with Crippen molar-refractivity contribution in [1.29, 1.82) is 0 Å². The molecule has 3 heteroatoms. The van der Waals surface area contributed by atoms with Crippen molar-refractivity contribution in [3.8, 4) is 0 Å². The molecule has 0 radical (unpaired) electrons. The van der Waals surface area contributed by atoms with Crippen LogP contribution in [0.15, 0.2) is 84.1 Å². The minimum Gasteiger partial charge on any atom is -0.372 e. The molecule has 2 aromatic carbocycles. The molecule has 0 aliphatic heterocycles. The van der Waals surface area contributed by atoms with E-state index in [0.717, 1.165) is 42.2 Å². The zero-order valence-corrected chi connectivity index (χ0v) is 16.5. The Bertz CT molecular complexity index is 862. The Balaban J connectivity index is 1.99. The highest BCUT2D eigenvalue weighted by atomic mass is 15.1. The average Bonchev–Trinajstić information content (AvgIpc) is 2.74. The minimum absolute atomic E-state index is 0.963. The third-order valence-electron chi connectivity index (χ3n) is 4.80. The van der Waals surface area contributed by atoms with Crippen LogP contribution in [0, 0.1) is 0 Å². The molecule has 0 fully saturated rings. The third kappa shape index (κ3) is 4.62. The van der Waals surface area contributed by atoms with Gasteiger partial charge in [0.15, 0.2) is 12.4 Å². The molecule has 0 N–H and O–H groups in total. The first kappa shape index (κ1) is 18.8. The molecule has 0 saturated heterocycles. The molecule has 138 valence electrons.